The average Bonchev–Trinajstić information content (AvgIpc) is 3.06. The molecule has 0 N–H and O–H groups in total. The van der Waals surface area contributed by atoms with E-state index >= 15 is 0 Å². The van der Waals surface area contributed by atoms with Gasteiger partial charge < -0.3 is 0 Å². The predicted octanol–water partition coefficient (Wildman–Crippen LogP) is 8.15. The molecule has 0 unspecified atom stereocenters. The largest absolute Gasteiger partial charge is 0.299 e. The van der Waals surface area contributed by atoms with Crippen molar-refractivity contribution in [2.24, 2.45) is 46.3 Å². The Labute approximate surface area is 186 Å². The number of Topliss-reactive ketones (excluding diaryl/α,β-unsaturated/α-hetero) is 1. The molecule has 3 fully saturated rings. The van der Waals surface area contributed by atoms with Crippen LogP contribution in [0.25, 0.3) is 0 Å². The van der Waals surface area contributed by atoms with Crippen LogP contribution in [-0.2, 0) is 4.79 Å². The van der Waals surface area contributed by atoms with Crippen LogP contribution >= 0.6 is 0 Å². The topological polar surface area (TPSA) is 17.1 Å². The number of hydrogen-bond donors (Lipinski definition) is 0. The van der Waals surface area contributed by atoms with E-state index in [2.05, 4.69) is 53.7 Å². The second-order valence-corrected chi connectivity index (χ2v) is 12.1. The van der Waals surface area contributed by atoms with E-state index in [1.807, 2.05) is 0 Å². The third-order valence-electron chi connectivity index (χ3n) is 10.7. The second kappa shape index (κ2) is 8.25. The second-order valence-electron chi connectivity index (χ2n) is 12.1. The van der Waals surface area contributed by atoms with E-state index in [0.29, 0.717) is 17.1 Å². The molecule has 168 valence electrons. The van der Waals surface area contributed by atoms with Crippen LogP contribution in [0.1, 0.15) is 106 Å². The molecule has 0 aromatic carbocycles. The van der Waals surface area contributed by atoms with Crippen LogP contribution in [0, 0.1) is 46.3 Å². The first-order valence-corrected chi connectivity index (χ1v) is 13.1. The Bertz CT molecular complexity index is 727. The van der Waals surface area contributed by atoms with Crippen molar-refractivity contribution >= 4 is 5.78 Å². The van der Waals surface area contributed by atoms with Crippen molar-refractivity contribution in [3.8, 4) is 0 Å². The number of hydrogen-bond acceptors (Lipinski definition) is 1. The zero-order valence-corrected chi connectivity index (χ0v) is 20.6. The number of fused-ring (bicyclic) bond motifs is 5. The van der Waals surface area contributed by atoms with E-state index in [1.54, 1.807) is 5.57 Å². The van der Waals surface area contributed by atoms with Gasteiger partial charge in [-0.1, -0.05) is 57.4 Å². The van der Waals surface area contributed by atoms with E-state index in [4.69, 9.17) is 0 Å². The lowest BCUT2D eigenvalue weighted by molar-refractivity contribution is -0.136. The Morgan fingerprint density at radius 1 is 1.13 bits per heavy atom. The molecule has 30 heavy (non-hydrogen) atoms. The van der Waals surface area contributed by atoms with Crippen molar-refractivity contribution in [2.75, 3.05) is 0 Å². The predicted molar refractivity (Wildman–Crippen MR) is 127 cm³/mol. The smallest absolute Gasteiger partial charge is 0.143 e. The summed E-state index contributed by atoms with van der Waals surface area (Å²) in [5.74, 6) is 5.12. The highest BCUT2D eigenvalue weighted by atomic mass is 16.1. The van der Waals surface area contributed by atoms with E-state index in [1.165, 1.54) is 56.9 Å². The fourth-order valence-corrected chi connectivity index (χ4v) is 8.70. The van der Waals surface area contributed by atoms with Gasteiger partial charge in [0.2, 0.25) is 0 Å². The number of carbonyl (C=O) groups excluding carboxylic acids is 1. The first kappa shape index (κ1) is 22.3. The van der Waals surface area contributed by atoms with Crippen LogP contribution in [-0.4, -0.2) is 5.78 Å². The fourth-order valence-electron chi connectivity index (χ4n) is 8.70. The van der Waals surface area contributed by atoms with Crippen LogP contribution < -0.4 is 0 Å². The van der Waals surface area contributed by atoms with E-state index in [9.17, 15) is 4.79 Å². The van der Waals surface area contributed by atoms with Gasteiger partial charge in [0.05, 0.1) is 5.41 Å². The Morgan fingerprint density at radius 3 is 2.60 bits per heavy atom. The van der Waals surface area contributed by atoms with Gasteiger partial charge in [-0.3, -0.25) is 4.79 Å². The molecule has 1 heteroatoms. The summed E-state index contributed by atoms with van der Waals surface area (Å²) in [6.45, 7) is 14.5. The lowest BCUT2D eigenvalue weighted by Crippen LogP contribution is -2.53. The average molecular weight is 411 g/mol. The Balaban J connectivity index is 1.55. The molecule has 0 aromatic rings. The van der Waals surface area contributed by atoms with Gasteiger partial charge in [-0.15, -0.1) is 0 Å². The fraction of sp³-hybridized carbons (Fsp3) is 0.828. The van der Waals surface area contributed by atoms with Gasteiger partial charge in [-0.05, 0) is 106 Å². The van der Waals surface area contributed by atoms with Gasteiger partial charge in [0.15, 0.2) is 0 Å². The normalized spacial score (nSPS) is 42.4. The molecule has 0 bridgehead atoms. The van der Waals surface area contributed by atoms with Crippen LogP contribution in [0.3, 0.4) is 0 Å². The Morgan fingerprint density at radius 2 is 1.90 bits per heavy atom. The molecule has 4 rings (SSSR count). The molecule has 0 aliphatic heterocycles. The third kappa shape index (κ3) is 3.38. The SMILES string of the molecule is CC[C@H](C/C=C(/C)[C@H]1CC[C@H]2[C@@H]3CCC4=CCCC(=O)[C@]4(C)[C@H]3CC[C@]12C)C(C)C. The molecule has 3 saturated carbocycles. The summed E-state index contributed by atoms with van der Waals surface area (Å²) in [4.78, 5) is 13.1. The van der Waals surface area contributed by atoms with Gasteiger partial charge >= 0.3 is 0 Å². The van der Waals surface area contributed by atoms with Gasteiger partial charge in [0.1, 0.15) is 5.78 Å². The summed E-state index contributed by atoms with van der Waals surface area (Å²) in [6.07, 6.45) is 17.2. The highest BCUT2D eigenvalue weighted by Crippen LogP contribution is 2.67. The molecule has 0 spiro atoms. The summed E-state index contributed by atoms with van der Waals surface area (Å²) in [5.41, 5.74) is 3.51. The van der Waals surface area contributed by atoms with Crippen molar-refractivity contribution in [1.82, 2.24) is 0 Å². The molecule has 0 radical (unpaired) electrons. The number of allylic oxidation sites excluding steroid dienone is 4. The van der Waals surface area contributed by atoms with Crippen molar-refractivity contribution in [3.63, 3.8) is 0 Å². The molecule has 1 nitrogen and oxygen atoms in total. The third-order valence-corrected chi connectivity index (χ3v) is 10.7. The van der Waals surface area contributed by atoms with Crippen LogP contribution in [0.4, 0.5) is 0 Å². The van der Waals surface area contributed by atoms with Gasteiger partial charge in [-0.25, -0.2) is 0 Å². The maximum atomic E-state index is 13.1. The number of rotatable bonds is 5. The van der Waals surface area contributed by atoms with Crippen molar-refractivity contribution in [3.05, 3.63) is 23.3 Å². The summed E-state index contributed by atoms with van der Waals surface area (Å²) in [6, 6.07) is 0. The lowest BCUT2D eigenvalue weighted by atomic mass is 9.46. The molecule has 0 heterocycles. The summed E-state index contributed by atoms with van der Waals surface area (Å²) < 4.78 is 0. The lowest BCUT2D eigenvalue weighted by Gasteiger charge is -2.57. The van der Waals surface area contributed by atoms with Gasteiger partial charge in [0, 0.05) is 6.42 Å². The molecular weight excluding hydrogens is 364 g/mol. The van der Waals surface area contributed by atoms with Crippen LogP contribution in [0.15, 0.2) is 23.3 Å². The molecule has 7 atom stereocenters. The number of ketones is 1. The number of carbonyl (C=O) groups is 1. The maximum absolute atomic E-state index is 13.1. The zero-order valence-electron chi connectivity index (χ0n) is 20.6. The molecule has 4 aliphatic rings. The first-order chi connectivity index (χ1) is 14.2. The first-order valence-electron chi connectivity index (χ1n) is 13.1. The van der Waals surface area contributed by atoms with Gasteiger partial charge in [-0.2, -0.15) is 0 Å². The minimum absolute atomic E-state index is 0.128. The molecular formula is C29H46O. The molecule has 0 saturated heterocycles. The quantitative estimate of drug-likeness (QED) is 0.418. The Hall–Kier alpha value is -0.850. The molecule has 0 amide bonds. The summed E-state index contributed by atoms with van der Waals surface area (Å²) in [7, 11) is 0. The van der Waals surface area contributed by atoms with E-state index in [-0.39, 0.29) is 5.41 Å². The Kier molecular flexibility index (Phi) is 6.15. The zero-order chi connectivity index (χ0) is 21.7. The van der Waals surface area contributed by atoms with Crippen molar-refractivity contribution in [2.45, 2.75) is 106 Å². The highest BCUT2D eigenvalue weighted by Gasteiger charge is 2.60. The minimum Gasteiger partial charge on any atom is -0.299 e. The van der Waals surface area contributed by atoms with E-state index in [0.717, 1.165) is 42.4 Å². The minimum atomic E-state index is -0.128. The van der Waals surface area contributed by atoms with Gasteiger partial charge in [0.25, 0.3) is 0 Å². The molecule has 4 aliphatic carbocycles. The standard InChI is InChI=1S/C29H46O/c1-7-21(19(2)3)12-11-20(4)24-15-16-25-23-14-13-22-9-8-10-27(30)29(22,6)26(23)17-18-28(24,25)5/h9,11,19,21,23-26H,7-8,10,12-18H2,1-6H3/b20-11-/t21-,23+,24-,25+,26+,28-,29+/m1/s1. The highest BCUT2D eigenvalue weighted by molar-refractivity contribution is 5.89. The van der Waals surface area contributed by atoms with E-state index < -0.39 is 0 Å². The maximum Gasteiger partial charge on any atom is 0.143 e. The van der Waals surface area contributed by atoms with Crippen LogP contribution in [0.2, 0.25) is 0 Å². The monoisotopic (exact) mass is 410 g/mol. The van der Waals surface area contributed by atoms with Crippen molar-refractivity contribution < 1.29 is 4.79 Å². The van der Waals surface area contributed by atoms with Crippen molar-refractivity contribution in [1.29, 1.82) is 0 Å². The van der Waals surface area contributed by atoms with Crippen LogP contribution in [0.5, 0.6) is 0 Å². The molecule has 0 aromatic heterocycles. The summed E-state index contributed by atoms with van der Waals surface area (Å²) in [5, 5.41) is 0. The summed E-state index contributed by atoms with van der Waals surface area (Å²) >= 11 is 0.